The highest BCUT2D eigenvalue weighted by Crippen LogP contribution is 2.12. The maximum atomic E-state index is 11.3. The lowest BCUT2D eigenvalue weighted by atomic mass is 10.0. The number of rotatable bonds is 4. The fourth-order valence-corrected chi connectivity index (χ4v) is 1.10. The highest BCUT2D eigenvalue weighted by atomic mass is 16.6. The molecular formula is C11H20O3. The van der Waals surface area contributed by atoms with E-state index in [1.54, 1.807) is 13.8 Å². The molecule has 0 aromatic rings. The number of esters is 1. The van der Waals surface area contributed by atoms with Gasteiger partial charge in [-0.15, -0.1) is 0 Å². The Hall–Kier alpha value is -0.860. The Morgan fingerprint density at radius 3 is 2.14 bits per heavy atom. The Bertz CT molecular complexity index is 213. The molecular weight excluding hydrogens is 180 g/mol. The van der Waals surface area contributed by atoms with E-state index in [0.717, 1.165) is 0 Å². The third kappa shape index (κ3) is 5.73. The van der Waals surface area contributed by atoms with E-state index in [2.05, 4.69) is 0 Å². The molecule has 1 atom stereocenters. The van der Waals surface area contributed by atoms with Crippen LogP contribution in [0.15, 0.2) is 0 Å². The highest BCUT2D eigenvalue weighted by Gasteiger charge is 2.20. The summed E-state index contributed by atoms with van der Waals surface area (Å²) >= 11 is 0. The average molecular weight is 200 g/mol. The van der Waals surface area contributed by atoms with Crippen molar-refractivity contribution >= 4 is 11.8 Å². The summed E-state index contributed by atoms with van der Waals surface area (Å²) in [5.41, 5.74) is -0.466. The van der Waals surface area contributed by atoms with Crippen molar-refractivity contribution in [2.45, 2.75) is 53.1 Å². The van der Waals surface area contributed by atoms with Crippen LogP contribution in [0.5, 0.6) is 0 Å². The minimum atomic E-state index is -0.466. The fourth-order valence-electron chi connectivity index (χ4n) is 1.10. The van der Waals surface area contributed by atoms with Crippen LogP contribution in [0.4, 0.5) is 0 Å². The van der Waals surface area contributed by atoms with Gasteiger partial charge in [-0.3, -0.25) is 9.59 Å². The summed E-state index contributed by atoms with van der Waals surface area (Å²) in [7, 11) is 0. The molecule has 0 aliphatic carbocycles. The van der Waals surface area contributed by atoms with Crippen molar-refractivity contribution in [3.63, 3.8) is 0 Å². The third-order valence-electron chi connectivity index (χ3n) is 1.79. The largest absolute Gasteiger partial charge is 0.460 e. The Labute approximate surface area is 85.8 Å². The number of Topliss-reactive ketones (excluding diaryl/α,β-unsaturated/α-hetero) is 1. The van der Waals surface area contributed by atoms with Crippen LogP contribution in [0.3, 0.4) is 0 Å². The molecule has 0 aliphatic rings. The van der Waals surface area contributed by atoms with Crippen LogP contribution in [0.1, 0.15) is 47.5 Å². The summed E-state index contributed by atoms with van der Waals surface area (Å²) in [6.07, 6.45) is 0.661. The molecule has 0 radical (unpaired) electrons. The second-order valence-corrected chi connectivity index (χ2v) is 4.51. The van der Waals surface area contributed by atoms with E-state index in [0.29, 0.717) is 6.42 Å². The van der Waals surface area contributed by atoms with Gasteiger partial charge in [-0.1, -0.05) is 13.8 Å². The van der Waals surface area contributed by atoms with Gasteiger partial charge < -0.3 is 4.74 Å². The van der Waals surface area contributed by atoms with Crippen LogP contribution in [0.2, 0.25) is 0 Å². The Morgan fingerprint density at radius 1 is 1.29 bits per heavy atom. The molecule has 0 spiro atoms. The van der Waals surface area contributed by atoms with Crippen LogP contribution < -0.4 is 0 Å². The van der Waals surface area contributed by atoms with Gasteiger partial charge in [0.25, 0.3) is 0 Å². The molecule has 0 amide bonds. The lowest BCUT2D eigenvalue weighted by molar-refractivity contribution is -0.156. The molecule has 0 fully saturated rings. The smallest absolute Gasteiger partial charge is 0.307 e. The number of carbonyl (C=O) groups is 2. The van der Waals surface area contributed by atoms with Crippen LogP contribution in [-0.2, 0) is 14.3 Å². The molecule has 0 saturated heterocycles. The van der Waals surface area contributed by atoms with Gasteiger partial charge in [0.15, 0.2) is 0 Å². The van der Waals surface area contributed by atoms with Crippen molar-refractivity contribution in [1.29, 1.82) is 0 Å². The topological polar surface area (TPSA) is 43.4 Å². The van der Waals surface area contributed by atoms with Gasteiger partial charge in [0.05, 0.1) is 6.42 Å². The number of ketones is 1. The van der Waals surface area contributed by atoms with Crippen molar-refractivity contribution in [2.24, 2.45) is 5.92 Å². The third-order valence-corrected chi connectivity index (χ3v) is 1.79. The molecule has 0 saturated carbocycles. The van der Waals surface area contributed by atoms with E-state index < -0.39 is 5.60 Å². The van der Waals surface area contributed by atoms with E-state index in [9.17, 15) is 9.59 Å². The van der Waals surface area contributed by atoms with Crippen molar-refractivity contribution in [2.75, 3.05) is 0 Å². The van der Waals surface area contributed by atoms with E-state index in [-0.39, 0.29) is 24.1 Å². The van der Waals surface area contributed by atoms with Gasteiger partial charge in [0.2, 0.25) is 0 Å². The maximum absolute atomic E-state index is 11.3. The molecule has 0 aromatic heterocycles. The SMILES string of the molecule is CCC(=O)[C@@H](C)CC(=O)OC(C)(C)C. The van der Waals surface area contributed by atoms with Crippen LogP contribution in [0.25, 0.3) is 0 Å². The minimum absolute atomic E-state index is 0.107. The zero-order chi connectivity index (χ0) is 11.4. The Balaban J connectivity index is 4.01. The molecule has 0 N–H and O–H groups in total. The molecule has 0 heterocycles. The molecule has 0 unspecified atom stereocenters. The van der Waals surface area contributed by atoms with Crippen molar-refractivity contribution in [1.82, 2.24) is 0 Å². The van der Waals surface area contributed by atoms with Crippen molar-refractivity contribution < 1.29 is 14.3 Å². The zero-order valence-electron chi connectivity index (χ0n) is 9.72. The van der Waals surface area contributed by atoms with Gasteiger partial charge in [0.1, 0.15) is 11.4 Å². The summed E-state index contributed by atoms with van der Waals surface area (Å²) in [6.45, 7) is 9.01. The van der Waals surface area contributed by atoms with E-state index in [1.807, 2.05) is 20.8 Å². The average Bonchev–Trinajstić information content (AvgIpc) is 1.99. The predicted molar refractivity (Wildman–Crippen MR) is 54.9 cm³/mol. The fraction of sp³-hybridized carbons (Fsp3) is 0.818. The lowest BCUT2D eigenvalue weighted by Gasteiger charge is -2.20. The van der Waals surface area contributed by atoms with Crippen LogP contribution in [-0.4, -0.2) is 17.4 Å². The van der Waals surface area contributed by atoms with Crippen molar-refractivity contribution in [3.05, 3.63) is 0 Å². The Morgan fingerprint density at radius 2 is 1.79 bits per heavy atom. The maximum Gasteiger partial charge on any atom is 0.307 e. The van der Waals surface area contributed by atoms with Crippen LogP contribution in [0, 0.1) is 5.92 Å². The van der Waals surface area contributed by atoms with E-state index in [4.69, 9.17) is 4.74 Å². The summed E-state index contributed by atoms with van der Waals surface area (Å²) in [4.78, 5) is 22.5. The zero-order valence-corrected chi connectivity index (χ0v) is 9.72. The monoisotopic (exact) mass is 200 g/mol. The van der Waals surface area contributed by atoms with Crippen molar-refractivity contribution in [3.8, 4) is 0 Å². The first kappa shape index (κ1) is 13.1. The van der Waals surface area contributed by atoms with Gasteiger partial charge in [-0.05, 0) is 20.8 Å². The van der Waals surface area contributed by atoms with E-state index in [1.165, 1.54) is 0 Å². The quantitative estimate of drug-likeness (QED) is 0.654. The number of carbonyl (C=O) groups excluding carboxylic acids is 2. The summed E-state index contributed by atoms with van der Waals surface area (Å²) in [5.74, 6) is -0.419. The first-order chi connectivity index (χ1) is 6.26. The standard InChI is InChI=1S/C11H20O3/c1-6-9(12)8(2)7-10(13)14-11(3,4)5/h8H,6-7H2,1-5H3/t8-/m0/s1. The van der Waals surface area contributed by atoms with Gasteiger partial charge in [-0.25, -0.2) is 0 Å². The molecule has 0 bridgehead atoms. The highest BCUT2D eigenvalue weighted by molar-refractivity contribution is 5.84. The molecule has 14 heavy (non-hydrogen) atoms. The molecule has 0 aromatic carbocycles. The predicted octanol–water partition coefficient (Wildman–Crippen LogP) is 2.33. The lowest BCUT2D eigenvalue weighted by Crippen LogP contribution is -2.26. The molecule has 3 nitrogen and oxygen atoms in total. The second kappa shape index (κ2) is 5.13. The first-order valence-electron chi connectivity index (χ1n) is 5.00. The van der Waals surface area contributed by atoms with Gasteiger partial charge >= 0.3 is 5.97 Å². The summed E-state index contributed by atoms with van der Waals surface area (Å²) in [6, 6.07) is 0. The second-order valence-electron chi connectivity index (χ2n) is 4.51. The van der Waals surface area contributed by atoms with E-state index >= 15 is 0 Å². The minimum Gasteiger partial charge on any atom is -0.460 e. The van der Waals surface area contributed by atoms with Gasteiger partial charge in [-0.2, -0.15) is 0 Å². The van der Waals surface area contributed by atoms with Gasteiger partial charge in [0, 0.05) is 12.3 Å². The summed E-state index contributed by atoms with van der Waals surface area (Å²) < 4.78 is 5.11. The molecule has 0 rings (SSSR count). The number of ether oxygens (including phenoxy) is 1. The molecule has 3 heteroatoms. The first-order valence-corrected chi connectivity index (χ1v) is 5.00. The number of hydrogen-bond donors (Lipinski definition) is 0. The normalized spacial score (nSPS) is 13.5. The summed E-state index contributed by atoms with van der Waals surface area (Å²) in [5, 5.41) is 0. The number of hydrogen-bond acceptors (Lipinski definition) is 3. The Kier molecular flexibility index (Phi) is 4.81. The van der Waals surface area contributed by atoms with Crippen LogP contribution >= 0.6 is 0 Å². The molecule has 82 valence electrons. The molecule has 0 aliphatic heterocycles.